The Hall–Kier alpha value is -0.690. The SMILES string of the molecule is Cc1ccc(C)c(N)c1C.Cl. The van der Waals surface area contributed by atoms with Crippen LogP contribution in [-0.2, 0) is 0 Å². The molecular formula is C9H14ClN. The fourth-order valence-corrected chi connectivity index (χ4v) is 0.973. The lowest BCUT2D eigenvalue weighted by Crippen LogP contribution is -1.94. The van der Waals surface area contributed by atoms with E-state index in [-0.39, 0.29) is 12.4 Å². The number of aryl methyl sites for hydroxylation is 2. The molecule has 0 spiro atoms. The quantitative estimate of drug-likeness (QED) is 0.597. The average Bonchev–Trinajstić information content (AvgIpc) is 1.93. The molecule has 0 aromatic heterocycles. The van der Waals surface area contributed by atoms with Gasteiger partial charge in [-0.1, -0.05) is 12.1 Å². The minimum absolute atomic E-state index is 0. The van der Waals surface area contributed by atoms with Crippen molar-refractivity contribution in [1.82, 2.24) is 0 Å². The zero-order chi connectivity index (χ0) is 7.72. The summed E-state index contributed by atoms with van der Waals surface area (Å²) in [5.41, 5.74) is 10.4. The lowest BCUT2D eigenvalue weighted by atomic mass is 10.0. The third kappa shape index (κ3) is 1.87. The third-order valence-corrected chi connectivity index (χ3v) is 2.00. The van der Waals surface area contributed by atoms with E-state index in [0.29, 0.717) is 0 Å². The van der Waals surface area contributed by atoms with Crippen LogP contribution in [0, 0.1) is 20.8 Å². The van der Waals surface area contributed by atoms with Crippen LogP contribution >= 0.6 is 12.4 Å². The van der Waals surface area contributed by atoms with Gasteiger partial charge in [0.25, 0.3) is 0 Å². The van der Waals surface area contributed by atoms with E-state index in [1.54, 1.807) is 0 Å². The minimum Gasteiger partial charge on any atom is -0.398 e. The molecule has 0 unspecified atom stereocenters. The van der Waals surface area contributed by atoms with Crippen LogP contribution in [0.25, 0.3) is 0 Å². The van der Waals surface area contributed by atoms with Crippen LogP contribution in [0.5, 0.6) is 0 Å². The fraction of sp³-hybridized carbons (Fsp3) is 0.333. The molecule has 1 nitrogen and oxygen atoms in total. The molecule has 0 atom stereocenters. The van der Waals surface area contributed by atoms with E-state index in [0.717, 1.165) is 5.69 Å². The van der Waals surface area contributed by atoms with Crippen molar-refractivity contribution in [3.63, 3.8) is 0 Å². The Morgan fingerprint density at radius 1 is 1.00 bits per heavy atom. The van der Waals surface area contributed by atoms with Gasteiger partial charge in [0.15, 0.2) is 0 Å². The largest absolute Gasteiger partial charge is 0.398 e. The molecule has 0 saturated carbocycles. The summed E-state index contributed by atoms with van der Waals surface area (Å²) in [5, 5.41) is 0. The predicted octanol–water partition coefficient (Wildman–Crippen LogP) is 2.62. The lowest BCUT2D eigenvalue weighted by molar-refractivity contribution is 1.31. The summed E-state index contributed by atoms with van der Waals surface area (Å²) in [6.07, 6.45) is 0. The van der Waals surface area contributed by atoms with E-state index in [9.17, 15) is 0 Å². The summed E-state index contributed by atoms with van der Waals surface area (Å²) in [6.45, 7) is 6.16. The molecule has 0 amide bonds. The van der Waals surface area contributed by atoms with Crippen molar-refractivity contribution < 1.29 is 0 Å². The van der Waals surface area contributed by atoms with Crippen molar-refractivity contribution in [2.45, 2.75) is 20.8 Å². The molecule has 1 rings (SSSR count). The van der Waals surface area contributed by atoms with Crippen LogP contribution in [-0.4, -0.2) is 0 Å². The zero-order valence-electron chi connectivity index (χ0n) is 7.14. The predicted molar refractivity (Wildman–Crippen MR) is 52.3 cm³/mol. The maximum Gasteiger partial charge on any atom is 0.0376 e. The van der Waals surface area contributed by atoms with Gasteiger partial charge in [0.2, 0.25) is 0 Å². The van der Waals surface area contributed by atoms with Crippen molar-refractivity contribution in [2.75, 3.05) is 5.73 Å². The summed E-state index contributed by atoms with van der Waals surface area (Å²) in [6, 6.07) is 4.15. The van der Waals surface area contributed by atoms with E-state index in [2.05, 4.69) is 26.0 Å². The number of benzene rings is 1. The van der Waals surface area contributed by atoms with Gasteiger partial charge in [-0.2, -0.15) is 0 Å². The van der Waals surface area contributed by atoms with Crippen molar-refractivity contribution in [2.24, 2.45) is 0 Å². The molecule has 0 saturated heterocycles. The van der Waals surface area contributed by atoms with Gasteiger partial charge in [0, 0.05) is 5.69 Å². The van der Waals surface area contributed by atoms with Gasteiger partial charge in [-0.05, 0) is 37.5 Å². The number of hydrogen-bond donors (Lipinski definition) is 1. The first-order chi connectivity index (χ1) is 4.63. The second-order valence-corrected chi connectivity index (χ2v) is 2.74. The molecule has 0 bridgehead atoms. The zero-order valence-corrected chi connectivity index (χ0v) is 7.96. The molecule has 0 fully saturated rings. The van der Waals surface area contributed by atoms with E-state index >= 15 is 0 Å². The smallest absolute Gasteiger partial charge is 0.0376 e. The molecule has 62 valence electrons. The van der Waals surface area contributed by atoms with Crippen LogP contribution in [0.1, 0.15) is 16.7 Å². The van der Waals surface area contributed by atoms with Gasteiger partial charge < -0.3 is 5.73 Å². The number of anilines is 1. The molecule has 1 aromatic rings. The first kappa shape index (κ1) is 10.3. The van der Waals surface area contributed by atoms with Crippen molar-refractivity contribution in [3.8, 4) is 0 Å². The van der Waals surface area contributed by atoms with Gasteiger partial charge in [-0.25, -0.2) is 0 Å². The number of nitrogens with two attached hydrogens (primary N) is 1. The van der Waals surface area contributed by atoms with E-state index in [4.69, 9.17) is 5.73 Å². The Bertz CT molecular complexity index is 229. The molecular weight excluding hydrogens is 158 g/mol. The van der Waals surface area contributed by atoms with Crippen molar-refractivity contribution in [1.29, 1.82) is 0 Å². The number of rotatable bonds is 0. The van der Waals surface area contributed by atoms with Crippen LogP contribution in [0.3, 0.4) is 0 Å². The summed E-state index contributed by atoms with van der Waals surface area (Å²) < 4.78 is 0. The molecule has 0 aliphatic carbocycles. The van der Waals surface area contributed by atoms with Gasteiger partial charge in [-0.3, -0.25) is 0 Å². The Morgan fingerprint density at radius 3 is 1.91 bits per heavy atom. The van der Waals surface area contributed by atoms with Crippen LogP contribution in [0.2, 0.25) is 0 Å². The van der Waals surface area contributed by atoms with Crippen molar-refractivity contribution in [3.05, 3.63) is 28.8 Å². The second kappa shape index (κ2) is 3.63. The Kier molecular flexibility index (Phi) is 3.40. The maximum atomic E-state index is 5.78. The summed E-state index contributed by atoms with van der Waals surface area (Å²) in [4.78, 5) is 0. The van der Waals surface area contributed by atoms with E-state index in [1.807, 2.05) is 6.92 Å². The van der Waals surface area contributed by atoms with Gasteiger partial charge in [-0.15, -0.1) is 12.4 Å². The summed E-state index contributed by atoms with van der Waals surface area (Å²) in [7, 11) is 0. The average molecular weight is 172 g/mol. The molecule has 2 heteroatoms. The Labute approximate surface area is 74.0 Å². The fourth-order valence-electron chi connectivity index (χ4n) is 0.973. The second-order valence-electron chi connectivity index (χ2n) is 2.74. The number of nitrogen functional groups attached to an aromatic ring is 1. The minimum atomic E-state index is 0. The normalized spacial score (nSPS) is 9.00. The first-order valence-corrected chi connectivity index (χ1v) is 3.45. The third-order valence-electron chi connectivity index (χ3n) is 2.00. The highest BCUT2D eigenvalue weighted by Crippen LogP contribution is 2.18. The number of hydrogen-bond acceptors (Lipinski definition) is 1. The van der Waals surface area contributed by atoms with Gasteiger partial charge in [0.05, 0.1) is 0 Å². The van der Waals surface area contributed by atoms with Crippen LogP contribution in [0.15, 0.2) is 12.1 Å². The molecule has 2 N–H and O–H groups in total. The Morgan fingerprint density at radius 2 is 1.45 bits per heavy atom. The van der Waals surface area contributed by atoms with E-state index in [1.165, 1.54) is 16.7 Å². The molecule has 11 heavy (non-hydrogen) atoms. The summed E-state index contributed by atoms with van der Waals surface area (Å²) >= 11 is 0. The lowest BCUT2D eigenvalue weighted by Gasteiger charge is -2.05. The number of halogens is 1. The highest BCUT2D eigenvalue weighted by Gasteiger charge is 1.98. The monoisotopic (exact) mass is 171 g/mol. The first-order valence-electron chi connectivity index (χ1n) is 3.45. The van der Waals surface area contributed by atoms with Gasteiger partial charge in [0.1, 0.15) is 0 Å². The highest BCUT2D eigenvalue weighted by molar-refractivity contribution is 5.85. The van der Waals surface area contributed by atoms with Crippen molar-refractivity contribution >= 4 is 18.1 Å². The van der Waals surface area contributed by atoms with E-state index < -0.39 is 0 Å². The highest BCUT2D eigenvalue weighted by atomic mass is 35.5. The standard InChI is InChI=1S/C9H13N.ClH/c1-6-4-5-7(2)9(10)8(6)3;/h4-5H,10H2,1-3H3;1H. The van der Waals surface area contributed by atoms with Gasteiger partial charge >= 0.3 is 0 Å². The topological polar surface area (TPSA) is 26.0 Å². The summed E-state index contributed by atoms with van der Waals surface area (Å²) in [5.74, 6) is 0. The van der Waals surface area contributed by atoms with Crippen LogP contribution < -0.4 is 5.73 Å². The molecule has 0 heterocycles. The Balaban J connectivity index is 0.000001000. The molecule has 0 aliphatic rings. The molecule has 0 aliphatic heterocycles. The molecule has 0 radical (unpaired) electrons. The molecule has 1 aromatic carbocycles. The maximum absolute atomic E-state index is 5.78. The van der Waals surface area contributed by atoms with Crippen LogP contribution in [0.4, 0.5) is 5.69 Å².